The van der Waals surface area contributed by atoms with Crippen LogP contribution in [0.25, 0.3) is 31.4 Å². The van der Waals surface area contributed by atoms with Crippen molar-refractivity contribution in [2.45, 2.75) is 26.2 Å². The van der Waals surface area contributed by atoms with Gasteiger partial charge in [0.25, 0.3) is 0 Å². The number of benzene rings is 2. The maximum atomic E-state index is 6.40. The molecule has 6 heteroatoms. The number of hydrogen-bond acceptors (Lipinski definition) is 6. The molecule has 0 bridgehead atoms. The summed E-state index contributed by atoms with van der Waals surface area (Å²) < 4.78 is 8.88. The van der Waals surface area contributed by atoms with Crippen molar-refractivity contribution >= 4 is 48.5 Å². The molecule has 0 radical (unpaired) electrons. The van der Waals surface area contributed by atoms with Gasteiger partial charge in [0.15, 0.2) is 5.06 Å². The van der Waals surface area contributed by atoms with E-state index in [2.05, 4.69) is 97.9 Å². The number of pyridine rings is 1. The third-order valence-corrected chi connectivity index (χ3v) is 8.25. The zero-order chi connectivity index (χ0) is 24.2. The van der Waals surface area contributed by atoms with Crippen LogP contribution in [0.2, 0.25) is 0 Å². The van der Waals surface area contributed by atoms with Crippen LogP contribution in [0.5, 0.6) is 10.8 Å². The molecule has 0 amide bonds. The van der Waals surface area contributed by atoms with Crippen LogP contribution >= 0.6 is 22.7 Å². The average Bonchev–Trinajstić information content (AvgIpc) is 3.56. The molecule has 3 aromatic heterocycles. The fourth-order valence-corrected chi connectivity index (χ4v) is 6.40. The Morgan fingerprint density at radius 2 is 1.89 bits per heavy atom. The van der Waals surface area contributed by atoms with Crippen LogP contribution in [0.1, 0.15) is 26.3 Å². The van der Waals surface area contributed by atoms with Crippen LogP contribution < -0.4 is 9.64 Å². The van der Waals surface area contributed by atoms with E-state index in [0.29, 0.717) is 0 Å². The Balaban J connectivity index is 1.42. The summed E-state index contributed by atoms with van der Waals surface area (Å²) in [6.45, 7) is 7.57. The van der Waals surface area contributed by atoms with E-state index in [0.717, 1.165) is 28.9 Å². The zero-order valence-electron chi connectivity index (χ0n) is 20.3. The van der Waals surface area contributed by atoms with E-state index in [9.17, 15) is 0 Å². The predicted molar refractivity (Wildman–Crippen MR) is 150 cm³/mol. The van der Waals surface area contributed by atoms with Gasteiger partial charge < -0.3 is 14.5 Å². The fourth-order valence-electron chi connectivity index (χ4n) is 4.46. The summed E-state index contributed by atoms with van der Waals surface area (Å²) in [4.78, 5) is 9.17. The molecule has 0 atom stereocenters. The Morgan fingerprint density at radius 3 is 2.69 bits per heavy atom. The molecular formula is C29H27N3OS2. The Morgan fingerprint density at radius 1 is 1.00 bits per heavy atom. The molecule has 0 saturated carbocycles. The Bertz CT molecular complexity index is 1570. The second kappa shape index (κ2) is 8.40. The van der Waals surface area contributed by atoms with Gasteiger partial charge in [-0.05, 0) is 58.1 Å². The average molecular weight is 498 g/mol. The van der Waals surface area contributed by atoms with Crippen molar-refractivity contribution < 1.29 is 4.74 Å². The number of thiophene rings is 2. The molecule has 2 aromatic carbocycles. The topological polar surface area (TPSA) is 28.6 Å². The molecular weight excluding hydrogens is 470 g/mol. The van der Waals surface area contributed by atoms with Crippen molar-refractivity contribution in [2.24, 2.45) is 0 Å². The number of hydrogen-bond donors (Lipinski definition) is 0. The predicted octanol–water partition coefficient (Wildman–Crippen LogP) is 8.45. The Hall–Kier alpha value is -3.35. The third kappa shape index (κ3) is 4.17. The first-order valence-electron chi connectivity index (χ1n) is 11.7. The molecule has 1 aliphatic rings. The molecule has 1 aliphatic heterocycles. The van der Waals surface area contributed by atoms with Gasteiger partial charge in [0.05, 0.1) is 12.4 Å². The lowest BCUT2D eigenvalue weighted by Gasteiger charge is -2.19. The summed E-state index contributed by atoms with van der Waals surface area (Å²) in [5, 5.41) is 5.50. The lowest BCUT2D eigenvalue weighted by molar-refractivity contribution is 0.490. The van der Waals surface area contributed by atoms with Crippen LogP contribution in [-0.2, 0) is 5.41 Å². The second-order valence-electron chi connectivity index (χ2n) is 10.0. The summed E-state index contributed by atoms with van der Waals surface area (Å²) in [5.74, 6) is 0.841. The number of aromatic nitrogens is 1. The molecule has 0 unspecified atom stereocenters. The minimum Gasteiger partial charge on any atom is -0.447 e. The van der Waals surface area contributed by atoms with Crippen molar-refractivity contribution in [1.82, 2.24) is 9.88 Å². The number of fused-ring (bicyclic) bond motifs is 2. The quantitative estimate of drug-likeness (QED) is 0.249. The van der Waals surface area contributed by atoms with Gasteiger partial charge in [-0.2, -0.15) is 0 Å². The first-order chi connectivity index (χ1) is 16.8. The summed E-state index contributed by atoms with van der Waals surface area (Å²) in [6, 6.07) is 19.3. The summed E-state index contributed by atoms with van der Waals surface area (Å²) in [5.41, 5.74) is 4.69. The monoisotopic (exact) mass is 497 g/mol. The van der Waals surface area contributed by atoms with Crippen LogP contribution in [0.4, 0.5) is 5.69 Å². The van der Waals surface area contributed by atoms with Gasteiger partial charge in [-0.3, -0.25) is 4.98 Å². The highest BCUT2D eigenvalue weighted by Gasteiger charge is 2.19. The van der Waals surface area contributed by atoms with Gasteiger partial charge in [0.1, 0.15) is 5.75 Å². The van der Waals surface area contributed by atoms with Crippen LogP contribution in [0.15, 0.2) is 78.6 Å². The zero-order valence-corrected chi connectivity index (χ0v) is 21.9. The number of nitrogens with zero attached hydrogens (tertiary/aromatic N) is 3. The molecule has 0 saturated heterocycles. The summed E-state index contributed by atoms with van der Waals surface area (Å²) in [6.07, 6.45) is 6.11. The minimum atomic E-state index is 0.0629. The maximum absolute atomic E-state index is 6.40. The molecule has 35 heavy (non-hydrogen) atoms. The van der Waals surface area contributed by atoms with Crippen LogP contribution in [-0.4, -0.2) is 23.6 Å². The van der Waals surface area contributed by atoms with Crippen molar-refractivity contribution in [2.75, 3.05) is 18.6 Å². The van der Waals surface area contributed by atoms with Gasteiger partial charge >= 0.3 is 0 Å². The molecule has 0 fully saturated rings. The molecule has 176 valence electrons. The highest BCUT2D eigenvalue weighted by molar-refractivity contribution is 7.21. The Kier molecular flexibility index (Phi) is 5.31. The van der Waals surface area contributed by atoms with Crippen molar-refractivity contribution in [3.05, 3.63) is 84.1 Å². The molecule has 4 nitrogen and oxygen atoms in total. The molecule has 0 spiro atoms. The number of ether oxygens (including phenoxy) is 1. The second-order valence-corrected chi connectivity index (χ2v) is 12.0. The van der Waals surface area contributed by atoms with E-state index in [1.165, 1.54) is 31.3 Å². The number of rotatable bonds is 4. The van der Waals surface area contributed by atoms with Gasteiger partial charge in [-0.15, -0.1) is 11.3 Å². The van der Waals surface area contributed by atoms with E-state index in [1.807, 2.05) is 18.3 Å². The first-order valence-corrected chi connectivity index (χ1v) is 13.4. The fraction of sp³-hybridized carbons (Fsp3) is 0.207. The van der Waals surface area contributed by atoms with E-state index in [1.54, 1.807) is 22.7 Å². The highest BCUT2D eigenvalue weighted by Crippen LogP contribution is 2.45. The molecule has 0 aliphatic carbocycles. The van der Waals surface area contributed by atoms with Crippen molar-refractivity contribution in [3.8, 4) is 22.1 Å². The summed E-state index contributed by atoms with van der Waals surface area (Å²) >= 11 is 3.46. The number of anilines is 1. The van der Waals surface area contributed by atoms with Gasteiger partial charge in [0.2, 0.25) is 0 Å². The van der Waals surface area contributed by atoms with E-state index in [4.69, 9.17) is 9.72 Å². The van der Waals surface area contributed by atoms with E-state index >= 15 is 0 Å². The molecule has 6 rings (SSSR count). The molecule has 0 N–H and O–H groups in total. The first kappa shape index (κ1) is 22.1. The summed E-state index contributed by atoms with van der Waals surface area (Å²) in [7, 11) is 2.07. The van der Waals surface area contributed by atoms with Gasteiger partial charge in [0, 0.05) is 63.8 Å². The lowest BCUT2D eigenvalue weighted by atomic mass is 9.86. The van der Waals surface area contributed by atoms with Crippen LogP contribution in [0, 0.1) is 0 Å². The SMILES string of the molecule is CN1C=CN(c2cccc(Oc3cc4c(-c5cc(C(C)(C)C)ccn5)c5sccc5cc4s3)c2)C1. The minimum absolute atomic E-state index is 0.0629. The largest absolute Gasteiger partial charge is 0.447 e. The van der Waals surface area contributed by atoms with Crippen molar-refractivity contribution in [1.29, 1.82) is 0 Å². The molecule has 5 aromatic rings. The smallest absolute Gasteiger partial charge is 0.182 e. The third-order valence-electron chi connectivity index (χ3n) is 6.34. The highest BCUT2D eigenvalue weighted by atomic mass is 32.1. The van der Waals surface area contributed by atoms with E-state index < -0.39 is 0 Å². The lowest BCUT2D eigenvalue weighted by Crippen LogP contribution is -2.21. The van der Waals surface area contributed by atoms with Gasteiger partial charge in [-0.1, -0.05) is 38.2 Å². The van der Waals surface area contributed by atoms with Crippen LogP contribution in [0.3, 0.4) is 0 Å². The normalized spacial score (nSPS) is 13.9. The van der Waals surface area contributed by atoms with Crippen molar-refractivity contribution in [3.63, 3.8) is 0 Å². The molecule has 4 heterocycles. The standard InChI is InChI=1S/C29H27N3OS2/c1-29(2,3)20-8-10-30-24(15-20)27-23-17-26(35-25(23)14-19-9-13-34-28(19)27)33-22-7-5-6-21(16-22)32-12-11-31(4)18-32/h5-17H,18H2,1-4H3. The Labute approximate surface area is 213 Å². The van der Waals surface area contributed by atoms with E-state index in [-0.39, 0.29) is 5.41 Å². The van der Waals surface area contributed by atoms with Gasteiger partial charge in [-0.25, -0.2) is 0 Å². The maximum Gasteiger partial charge on any atom is 0.182 e.